The second-order valence-electron chi connectivity index (χ2n) is 4.23. The van der Waals surface area contributed by atoms with Crippen LogP contribution in [-0.4, -0.2) is 32.0 Å². The van der Waals surface area contributed by atoms with Gasteiger partial charge in [-0.15, -0.1) is 0 Å². The highest BCUT2D eigenvalue weighted by molar-refractivity contribution is 14.1. The van der Waals surface area contributed by atoms with Gasteiger partial charge in [0.1, 0.15) is 6.04 Å². The number of rotatable bonds is 6. The third kappa shape index (κ3) is 4.05. The van der Waals surface area contributed by atoms with Gasteiger partial charge in [-0.2, -0.15) is 10.2 Å². The van der Waals surface area contributed by atoms with Crippen LogP contribution in [0.5, 0.6) is 0 Å². The third-order valence-electron chi connectivity index (χ3n) is 2.77. The SMILES string of the molecule is CC(C(=O)NCCCn1cccn1)n1cc(I)cn1. The molecular formula is C12H16IN5O. The lowest BCUT2D eigenvalue weighted by Gasteiger charge is -2.12. The number of aryl methyl sites for hydroxylation is 1. The summed E-state index contributed by atoms with van der Waals surface area (Å²) >= 11 is 2.17. The third-order valence-corrected chi connectivity index (χ3v) is 3.33. The first kappa shape index (κ1) is 14.0. The molecule has 0 spiro atoms. The number of hydrogen-bond donors (Lipinski definition) is 1. The maximum Gasteiger partial charge on any atom is 0.244 e. The number of aromatic nitrogens is 4. The van der Waals surface area contributed by atoms with Crippen LogP contribution in [0.2, 0.25) is 0 Å². The molecule has 0 aliphatic carbocycles. The average Bonchev–Trinajstić information content (AvgIpc) is 3.04. The fraction of sp³-hybridized carbons (Fsp3) is 0.417. The molecule has 2 aromatic rings. The van der Waals surface area contributed by atoms with Crippen molar-refractivity contribution in [3.05, 3.63) is 34.4 Å². The summed E-state index contributed by atoms with van der Waals surface area (Å²) in [6, 6.07) is 1.60. The fourth-order valence-corrected chi connectivity index (χ4v) is 2.09. The number of carbonyl (C=O) groups excluding carboxylic acids is 1. The minimum Gasteiger partial charge on any atom is -0.354 e. The van der Waals surface area contributed by atoms with E-state index in [4.69, 9.17) is 0 Å². The summed E-state index contributed by atoms with van der Waals surface area (Å²) in [5.74, 6) is -0.0139. The van der Waals surface area contributed by atoms with Crippen LogP contribution in [0.4, 0.5) is 0 Å². The maximum atomic E-state index is 11.9. The largest absolute Gasteiger partial charge is 0.354 e. The molecule has 2 aromatic heterocycles. The van der Waals surface area contributed by atoms with Crippen LogP contribution in [-0.2, 0) is 11.3 Å². The summed E-state index contributed by atoms with van der Waals surface area (Å²) in [5, 5.41) is 11.2. The van der Waals surface area contributed by atoms with Crippen LogP contribution in [0, 0.1) is 3.57 Å². The van der Waals surface area contributed by atoms with E-state index in [0.29, 0.717) is 6.54 Å². The van der Waals surface area contributed by atoms with E-state index in [0.717, 1.165) is 16.5 Å². The standard InChI is InChI=1S/C12H16IN5O/c1-10(18-9-11(13)8-16-18)12(19)14-4-2-6-17-7-3-5-15-17/h3,5,7-10H,2,4,6H2,1H3,(H,14,19). The molecule has 0 fully saturated rings. The molecule has 0 saturated heterocycles. The van der Waals surface area contributed by atoms with Gasteiger partial charge in [0.05, 0.1) is 9.77 Å². The molecule has 19 heavy (non-hydrogen) atoms. The zero-order valence-electron chi connectivity index (χ0n) is 10.7. The van der Waals surface area contributed by atoms with E-state index >= 15 is 0 Å². The second kappa shape index (κ2) is 6.69. The van der Waals surface area contributed by atoms with E-state index in [1.54, 1.807) is 17.1 Å². The van der Waals surface area contributed by atoms with Gasteiger partial charge in [0.2, 0.25) is 5.91 Å². The van der Waals surface area contributed by atoms with E-state index in [-0.39, 0.29) is 11.9 Å². The highest BCUT2D eigenvalue weighted by Gasteiger charge is 2.14. The Bertz CT molecular complexity index is 522. The molecule has 0 saturated carbocycles. The molecule has 0 radical (unpaired) electrons. The predicted octanol–water partition coefficient (Wildman–Crippen LogP) is 1.45. The molecule has 1 N–H and O–H groups in total. The molecule has 0 aromatic carbocycles. The van der Waals surface area contributed by atoms with E-state index < -0.39 is 0 Å². The van der Waals surface area contributed by atoms with Gasteiger partial charge in [-0.05, 0) is 42.0 Å². The van der Waals surface area contributed by atoms with Gasteiger partial charge in [0.15, 0.2) is 0 Å². The maximum absolute atomic E-state index is 11.9. The molecule has 6 nitrogen and oxygen atoms in total. The zero-order valence-corrected chi connectivity index (χ0v) is 12.8. The quantitative estimate of drug-likeness (QED) is 0.616. The molecule has 7 heteroatoms. The van der Waals surface area contributed by atoms with Crippen molar-refractivity contribution < 1.29 is 4.79 Å². The lowest BCUT2D eigenvalue weighted by Crippen LogP contribution is -2.32. The van der Waals surface area contributed by atoms with Crippen molar-refractivity contribution in [3.8, 4) is 0 Å². The summed E-state index contributed by atoms with van der Waals surface area (Å²) in [5.41, 5.74) is 0. The Labute approximate surface area is 125 Å². The summed E-state index contributed by atoms with van der Waals surface area (Å²) in [7, 11) is 0. The first-order valence-corrected chi connectivity index (χ1v) is 7.19. The number of nitrogens with zero attached hydrogens (tertiary/aromatic N) is 4. The highest BCUT2D eigenvalue weighted by atomic mass is 127. The normalized spacial score (nSPS) is 12.3. The van der Waals surface area contributed by atoms with Gasteiger partial charge < -0.3 is 5.32 Å². The average molecular weight is 373 g/mol. The Morgan fingerprint density at radius 1 is 1.53 bits per heavy atom. The van der Waals surface area contributed by atoms with Crippen molar-refractivity contribution >= 4 is 28.5 Å². The lowest BCUT2D eigenvalue weighted by atomic mass is 10.3. The van der Waals surface area contributed by atoms with Gasteiger partial charge in [0, 0.05) is 31.7 Å². The smallest absolute Gasteiger partial charge is 0.244 e. The molecule has 1 unspecified atom stereocenters. The van der Waals surface area contributed by atoms with Crippen molar-refractivity contribution in [3.63, 3.8) is 0 Å². The van der Waals surface area contributed by atoms with Crippen molar-refractivity contribution in [2.75, 3.05) is 6.54 Å². The van der Waals surface area contributed by atoms with Gasteiger partial charge in [-0.3, -0.25) is 14.2 Å². The molecular weight excluding hydrogens is 357 g/mol. The topological polar surface area (TPSA) is 64.7 Å². The molecule has 1 atom stereocenters. The Hall–Kier alpha value is -1.38. The predicted molar refractivity (Wildman–Crippen MR) is 79.5 cm³/mol. The van der Waals surface area contributed by atoms with E-state index in [9.17, 15) is 4.79 Å². The number of carbonyl (C=O) groups is 1. The van der Waals surface area contributed by atoms with E-state index in [1.165, 1.54) is 0 Å². The summed E-state index contributed by atoms with van der Waals surface area (Å²) in [6.07, 6.45) is 8.11. The van der Waals surface area contributed by atoms with Crippen LogP contribution in [0.1, 0.15) is 19.4 Å². The molecule has 0 aliphatic heterocycles. The molecule has 102 valence electrons. The molecule has 2 rings (SSSR count). The van der Waals surface area contributed by atoms with Crippen LogP contribution in [0.15, 0.2) is 30.9 Å². The van der Waals surface area contributed by atoms with Gasteiger partial charge >= 0.3 is 0 Å². The molecule has 1 amide bonds. The van der Waals surface area contributed by atoms with E-state index in [2.05, 4.69) is 38.1 Å². The number of amides is 1. The lowest BCUT2D eigenvalue weighted by molar-refractivity contribution is -0.124. The first-order valence-electron chi connectivity index (χ1n) is 6.11. The highest BCUT2D eigenvalue weighted by Crippen LogP contribution is 2.08. The molecule has 2 heterocycles. The minimum atomic E-state index is -0.284. The zero-order chi connectivity index (χ0) is 13.7. The first-order chi connectivity index (χ1) is 9.16. The van der Waals surface area contributed by atoms with Crippen LogP contribution in [0.25, 0.3) is 0 Å². The van der Waals surface area contributed by atoms with Crippen molar-refractivity contribution in [2.45, 2.75) is 25.9 Å². The Balaban J connectivity index is 1.72. The number of hydrogen-bond acceptors (Lipinski definition) is 3. The van der Waals surface area contributed by atoms with Gasteiger partial charge in [-0.1, -0.05) is 0 Å². The van der Waals surface area contributed by atoms with Crippen LogP contribution >= 0.6 is 22.6 Å². The molecule has 0 aliphatic rings. The monoisotopic (exact) mass is 373 g/mol. The number of halogens is 1. The van der Waals surface area contributed by atoms with E-state index in [1.807, 2.05) is 30.1 Å². The van der Waals surface area contributed by atoms with Gasteiger partial charge in [-0.25, -0.2) is 0 Å². The van der Waals surface area contributed by atoms with Crippen molar-refractivity contribution in [1.29, 1.82) is 0 Å². The Kier molecular flexibility index (Phi) is 4.94. The minimum absolute atomic E-state index is 0.0139. The fourth-order valence-electron chi connectivity index (χ4n) is 1.68. The van der Waals surface area contributed by atoms with Crippen molar-refractivity contribution in [1.82, 2.24) is 24.9 Å². The van der Waals surface area contributed by atoms with Crippen molar-refractivity contribution in [2.24, 2.45) is 0 Å². The van der Waals surface area contributed by atoms with Gasteiger partial charge in [0.25, 0.3) is 0 Å². The summed E-state index contributed by atoms with van der Waals surface area (Å²) in [4.78, 5) is 11.9. The Morgan fingerprint density at radius 3 is 3.00 bits per heavy atom. The number of nitrogens with one attached hydrogen (secondary N) is 1. The summed E-state index contributed by atoms with van der Waals surface area (Å²) in [6.45, 7) is 3.29. The van der Waals surface area contributed by atoms with Crippen LogP contribution < -0.4 is 5.32 Å². The molecule has 0 bridgehead atoms. The second-order valence-corrected chi connectivity index (χ2v) is 5.47. The Morgan fingerprint density at radius 2 is 2.37 bits per heavy atom. The summed E-state index contributed by atoms with van der Waals surface area (Å²) < 4.78 is 4.55. The van der Waals surface area contributed by atoms with Crippen LogP contribution in [0.3, 0.4) is 0 Å².